The molecule has 0 fully saturated rings. The Morgan fingerprint density at radius 3 is 2.59 bits per heavy atom. The smallest absolute Gasteiger partial charge is 0.249 e. The topological polar surface area (TPSA) is 85.2 Å². The van der Waals surface area contributed by atoms with Crippen molar-refractivity contribution in [2.75, 3.05) is 7.11 Å². The number of carbonyl (C=O) groups excluding carboxylic acids is 1. The Kier molecular flexibility index (Phi) is 5.74. The van der Waals surface area contributed by atoms with Gasteiger partial charge in [0.05, 0.1) is 24.3 Å². The first kappa shape index (κ1) is 21.3. The van der Waals surface area contributed by atoms with Crippen molar-refractivity contribution in [2.24, 2.45) is 5.73 Å². The number of quaternary nitrogens is 1. The number of carbonyl (C=O) groups is 1. The van der Waals surface area contributed by atoms with E-state index in [1.165, 1.54) is 0 Å². The zero-order valence-electron chi connectivity index (χ0n) is 17.4. The van der Waals surface area contributed by atoms with Crippen LogP contribution in [0.4, 0.5) is 5.69 Å². The third-order valence-corrected chi connectivity index (χ3v) is 6.30. The van der Waals surface area contributed by atoms with Gasteiger partial charge >= 0.3 is 0 Å². The lowest BCUT2D eigenvalue weighted by atomic mass is 9.99. The molecule has 0 saturated heterocycles. The number of H-pyrrole nitrogens is 1. The maximum atomic E-state index is 12.9. The fraction of sp³-hybridized carbons (Fsp3) is 0.364. The lowest BCUT2D eigenvalue weighted by molar-refractivity contribution is 0.1000. The van der Waals surface area contributed by atoms with Crippen LogP contribution in [0.2, 0.25) is 0 Å². The average Bonchev–Trinajstić information content (AvgIpc) is 2.94. The van der Waals surface area contributed by atoms with Crippen LogP contribution in [0.1, 0.15) is 54.4 Å². The van der Waals surface area contributed by atoms with E-state index in [0.29, 0.717) is 28.0 Å². The molecule has 2 atom stereocenters. The number of methoxy groups -OCH3 is 1. The zero-order chi connectivity index (χ0) is 21.5. The van der Waals surface area contributed by atoms with E-state index >= 15 is 0 Å². The van der Waals surface area contributed by atoms with Gasteiger partial charge in [0.2, 0.25) is 11.8 Å². The van der Waals surface area contributed by atoms with E-state index in [0.717, 1.165) is 33.4 Å². The van der Waals surface area contributed by atoms with Crippen molar-refractivity contribution < 1.29 is 9.53 Å². The van der Waals surface area contributed by atoms with Crippen molar-refractivity contribution in [2.45, 2.75) is 46.7 Å². The molecule has 0 aliphatic carbocycles. The molecule has 29 heavy (non-hydrogen) atoms. The van der Waals surface area contributed by atoms with E-state index < -0.39 is 5.91 Å². The second kappa shape index (κ2) is 7.80. The Hall–Kier alpha value is -2.38. The van der Waals surface area contributed by atoms with Gasteiger partial charge in [0.15, 0.2) is 5.43 Å². The number of ether oxygens (including phenoxy) is 1. The molecule has 2 unspecified atom stereocenters. The number of pyridine rings is 1. The minimum Gasteiger partial charge on any atom is -0.482 e. The molecule has 0 bridgehead atoms. The molecular formula is C22H27BrN3O3+. The minimum absolute atomic E-state index is 0.0662. The number of hydrogen-bond donors (Lipinski definition) is 2. The van der Waals surface area contributed by atoms with Crippen LogP contribution in [0.15, 0.2) is 33.7 Å². The summed E-state index contributed by atoms with van der Waals surface area (Å²) in [7, 11) is 1.56. The fourth-order valence-electron chi connectivity index (χ4n) is 4.26. The first-order valence-corrected chi connectivity index (χ1v) is 10.4. The molecule has 0 radical (unpaired) electrons. The number of allylic oxidation sites excluding steroid dienone is 1. The maximum absolute atomic E-state index is 12.9. The molecule has 1 aromatic heterocycles. The summed E-state index contributed by atoms with van der Waals surface area (Å²) in [5.74, 6) is 0.00522. The van der Waals surface area contributed by atoms with Gasteiger partial charge in [0, 0.05) is 27.9 Å². The highest BCUT2D eigenvalue weighted by Crippen LogP contribution is 2.47. The molecule has 3 N–H and O–H groups in total. The number of rotatable bonds is 6. The first-order valence-electron chi connectivity index (χ1n) is 9.62. The molecule has 0 saturated carbocycles. The van der Waals surface area contributed by atoms with Crippen molar-refractivity contribution in [1.82, 2.24) is 9.47 Å². The predicted molar refractivity (Wildman–Crippen MR) is 120 cm³/mol. The molecule has 1 amide bonds. The highest BCUT2D eigenvalue weighted by molar-refractivity contribution is 9.10. The van der Waals surface area contributed by atoms with Gasteiger partial charge in [-0.05, 0) is 33.3 Å². The summed E-state index contributed by atoms with van der Waals surface area (Å²) >= 11 is 3.53. The summed E-state index contributed by atoms with van der Waals surface area (Å²) in [6, 6.07) is 5.53. The maximum Gasteiger partial charge on any atom is 0.249 e. The number of nitrogens with two attached hydrogens (primary N) is 1. The van der Waals surface area contributed by atoms with Crippen molar-refractivity contribution in [3.05, 3.63) is 61.5 Å². The molecular weight excluding hydrogens is 434 g/mol. The second-order valence-corrected chi connectivity index (χ2v) is 8.61. The van der Waals surface area contributed by atoms with Crippen molar-refractivity contribution in [1.29, 1.82) is 0 Å². The van der Waals surface area contributed by atoms with Crippen LogP contribution in [0, 0.1) is 6.92 Å². The number of hydrogen-bond acceptors (Lipinski definition) is 3. The van der Waals surface area contributed by atoms with Crippen LogP contribution in [0.25, 0.3) is 5.57 Å². The summed E-state index contributed by atoms with van der Waals surface area (Å²) in [5, 5.41) is 0. The number of aromatic nitrogens is 1. The largest absolute Gasteiger partial charge is 0.482 e. The number of fused-ring (bicyclic) bond motifs is 1. The number of halogens is 1. The lowest BCUT2D eigenvalue weighted by Crippen LogP contribution is -2.50. The molecule has 6 nitrogen and oxygen atoms in total. The summed E-state index contributed by atoms with van der Waals surface area (Å²) in [5.41, 5.74) is 10.2. The van der Waals surface area contributed by atoms with Crippen LogP contribution in [0.3, 0.4) is 0 Å². The monoisotopic (exact) mass is 460 g/mol. The van der Waals surface area contributed by atoms with Crippen LogP contribution in [-0.4, -0.2) is 24.0 Å². The van der Waals surface area contributed by atoms with Crippen LogP contribution in [-0.2, 0) is 6.54 Å². The normalized spacial score (nSPS) is 18.9. The summed E-state index contributed by atoms with van der Waals surface area (Å²) in [4.78, 5) is 28.2. The molecule has 0 spiro atoms. The fourth-order valence-corrected chi connectivity index (χ4v) is 4.70. The second-order valence-electron chi connectivity index (χ2n) is 7.70. The number of aromatic amines is 1. The third-order valence-electron chi connectivity index (χ3n) is 5.85. The predicted octanol–water partition coefficient (Wildman–Crippen LogP) is 4.23. The third kappa shape index (κ3) is 3.53. The zero-order valence-corrected chi connectivity index (χ0v) is 19.0. The number of primary amides is 1. The Labute approximate surface area is 179 Å². The molecule has 2 aromatic rings. The molecule has 2 heterocycles. The molecule has 3 rings (SSSR count). The van der Waals surface area contributed by atoms with E-state index in [1.807, 2.05) is 19.9 Å². The number of amides is 1. The quantitative estimate of drug-likeness (QED) is 0.632. The van der Waals surface area contributed by atoms with Gasteiger partial charge < -0.3 is 15.5 Å². The van der Waals surface area contributed by atoms with Gasteiger partial charge in [0.1, 0.15) is 24.0 Å². The van der Waals surface area contributed by atoms with Gasteiger partial charge in [-0.1, -0.05) is 22.9 Å². The highest BCUT2D eigenvalue weighted by Gasteiger charge is 2.44. The SMILES string of the molecule is CCC(C)[N+]1(Cc2c(OC)[nH]c(C)cc2=O)C=C(C)c2c(C(N)=O)cc(Br)cc21. The summed E-state index contributed by atoms with van der Waals surface area (Å²) in [6.45, 7) is 8.50. The van der Waals surface area contributed by atoms with Gasteiger partial charge in [-0.25, -0.2) is 0 Å². The van der Waals surface area contributed by atoms with Crippen molar-refractivity contribution in [3.8, 4) is 5.88 Å². The Morgan fingerprint density at radius 2 is 2.00 bits per heavy atom. The van der Waals surface area contributed by atoms with E-state index in [1.54, 1.807) is 19.2 Å². The van der Waals surface area contributed by atoms with E-state index in [-0.39, 0.29) is 11.5 Å². The highest BCUT2D eigenvalue weighted by atomic mass is 79.9. The lowest BCUT2D eigenvalue weighted by Gasteiger charge is -2.38. The first-order chi connectivity index (χ1) is 13.6. The Balaban J connectivity index is 2.31. The van der Waals surface area contributed by atoms with Crippen molar-refractivity contribution in [3.63, 3.8) is 0 Å². The van der Waals surface area contributed by atoms with Gasteiger partial charge in [0.25, 0.3) is 0 Å². The molecule has 154 valence electrons. The van der Waals surface area contributed by atoms with E-state index in [9.17, 15) is 9.59 Å². The Morgan fingerprint density at radius 1 is 1.31 bits per heavy atom. The van der Waals surface area contributed by atoms with Gasteiger partial charge in [-0.2, -0.15) is 0 Å². The minimum atomic E-state index is -0.467. The molecule has 1 aliphatic heterocycles. The summed E-state index contributed by atoms with van der Waals surface area (Å²) in [6.07, 6.45) is 3.02. The van der Waals surface area contributed by atoms with E-state index in [4.69, 9.17) is 10.5 Å². The van der Waals surface area contributed by atoms with Gasteiger partial charge in [-0.3, -0.25) is 14.1 Å². The number of nitrogens with zero attached hydrogens (tertiary/aromatic N) is 1. The number of aryl methyl sites for hydroxylation is 1. The van der Waals surface area contributed by atoms with E-state index in [2.05, 4.69) is 41.0 Å². The van der Waals surface area contributed by atoms with Crippen LogP contribution >= 0.6 is 15.9 Å². The average molecular weight is 461 g/mol. The number of nitrogens with one attached hydrogen (secondary N) is 1. The molecule has 1 aliphatic rings. The van der Waals surface area contributed by atoms with Gasteiger partial charge in [-0.15, -0.1) is 0 Å². The standard InChI is InChI=1S/C22H26BrN3O3/c1-6-14(4)26(11-17-19(27)7-13(3)25-22(17)29-5)10-12(2)20-16(21(24)28)8-15(23)9-18(20)26/h7-10,14H,6,11H2,1-5H3,(H2-,24,25,27,28)/p+1. The number of benzene rings is 1. The molecule has 7 heteroatoms. The molecule has 1 aromatic carbocycles. The Bertz CT molecular complexity index is 1070. The summed E-state index contributed by atoms with van der Waals surface area (Å²) < 4.78 is 6.70. The van der Waals surface area contributed by atoms with Crippen LogP contribution < -0.4 is 20.4 Å². The van der Waals surface area contributed by atoms with Crippen molar-refractivity contribution >= 4 is 33.1 Å². The van der Waals surface area contributed by atoms with Crippen LogP contribution in [0.5, 0.6) is 5.88 Å².